The fourth-order valence-electron chi connectivity index (χ4n) is 1.37. The number of ether oxygens (including phenoxy) is 1. The van der Waals surface area contributed by atoms with Crippen molar-refractivity contribution < 1.29 is 18.3 Å². The van der Waals surface area contributed by atoms with E-state index in [2.05, 4.69) is 9.72 Å². The van der Waals surface area contributed by atoms with E-state index in [0.717, 1.165) is 0 Å². The average Bonchev–Trinajstić information content (AvgIpc) is 2.27. The van der Waals surface area contributed by atoms with E-state index < -0.39 is 23.7 Å². The maximum absolute atomic E-state index is 12.8. The molecule has 1 rings (SSSR count). The van der Waals surface area contributed by atoms with Gasteiger partial charge in [-0.2, -0.15) is 5.26 Å². The molecule has 0 aliphatic heterocycles. The minimum absolute atomic E-state index is 0.0742. The van der Waals surface area contributed by atoms with Crippen LogP contribution in [-0.4, -0.2) is 17.6 Å². The smallest absolute Gasteiger partial charge is 0.338 e. The van der Waals surface area contributed by atoms with Crippen molar-refractivity contribution >= 4 is 5.97 Å². The number of halogens is 2. The average molecular weight is 240 g/mol. The maximum atomic E-state index is 12.8. The maximum Gasteiger partial charge on any atom is 0.338 e. The van der Waals surface area contributed by atoms with Crippen LogP contribution in [0.2, 0.25) is 0 Å². The number of alkyl halides is 2. The number of nitrogens with zero attached hydrogens (tertiary/aromatic N) is 2. The first-order valence-corrected chi connectivity index (χ1v) is 4.88. The van der Waals surface area contributed by atoms with Gasteiger partial charge >= 0.3 is 5.97 Å². The van der Waals surface area contributed by atoms with Crippen LogP contribution in [0, 0.1) is 18.3 Å². The van der Waals surface area contributed by atoms with E-state index in [-0.39, 0.29) is 12.2 Å². The van der Waals surface area contributed by atoms with Gasteiger partial charge in [0.05, 0.1) is 17.7 Å². The Balaban J connectivity index is 3.42. The normalized spacial score (nSPS) is 10.1. The van der Waals surface area contributed by atoms with Gasteiger partial charge in [-0.25, -0.2) is 18.6 Å². The number of pyridine rings is 1. The molecule has 0 saturated carbocycles. The monoisotopic (exact) mass is 240 g/mol. The summed E-state index contributed by atoms with van der Waals surface area (Å²) in [4.78, 5) is 15.2. The SMILES string of the molecule is CCOC(=O)c1cc(C)nc(C#N)c1C(F)F. The van der Waals surface area contributed by atoms with E-state index in [0.29, 0.717) is 5.69 Å². The van der Waals surface area contributed by atoms with Crippen LogP contribution < -0.4 is 0 Å². The third-order valence-electron chi connectivity index (χ3n) is 2.01. The van der Waals surface area contributed by atoms with Gasteiger partial charge in [-0.3, -0.25) is 0 Å². The quantitative estimate of drug-likeness (QED) is 0.761. The van der Waals surface area contributed by atoms with E-state index in [1.165, 1.54) is 13.0 Å². The number of carbonyl (C=O) groups is 1. The minimum Gasteiger partial charge on any atom is -0.462 e. The molecule has 0 spiro atoms. The molecule has 1 aromatic rings. The molecule has 0 aliphatic carbocycles. The highest BCUT2D eigenvalue weighted by molar-refractivity contribution is 5.91. The summed E-state index contributed by atoms with van der Waals surface area (Å²) in [6.07, 6.45) is -2.95. The number of hydrogen-bond donors (Lipinski definition) is 0. The van der Waals surface area contributed by atoms with Gasteiger partial charge in [-0.1, -0.05) is 0 Å². The molecule has 1 aromatic heterocycles. The summed E-state index contributed by atoms with van der Waals surface area (Å²) in [7, 11) is 0. The predicted octanol–water partition coefficient (Wildman–Crippen LogP) is 2.38. The lowest BCUT2D eigenvalue weighted by Gasteiger charge is -2.10. The zero-order valence-electron chi connectivity index (χ0n) is 9.33. The number of esters is 1. The van der Waals surface area contributed by atoms with Crippen LogP contribution in [0.4, 0.5) is 8.78 Å². The van der Waals surface area contributed by atoms with Crippen molar-refractivity contribution in [2.24, 2.45) is 0 Å². The van der Waals surface area contributed by atoms with Crippen LogP contribution >= 0.6 is 0 Å². The van der Waals surface area contributed by atoms with Crippen molar-refractivity contribution in [2.75, 3.05) is 6.61 Å². The molecular formula is C11H10F2N2O2. The van der Waals surface area contributed by atoms with Crippen molar-refractivity contribution in [3.05, 3.63) is 28.6 Å². The van der Waals surface area contributed by atoms with Crippen molar-refractivity contribution in [3.8, 4) is 6.07 Å². The molecule has 4 nitrogen and oxygen atoms in total. The zero-order valence-corrected chi connectivity index (χ0v) is 9.33. The van der Waals surface area contributed by atoms with Crippen LogP contribution in [0.15, 0.2) is 6.07 Å². The minimum atomic E-state index is -2.95. The Morgan fingerprint density at radius 2 is 2.29 bits per heavy atom. The van der Waals surface area contributed by atoms with Crippen LogP contribution in [0.5, 0.6) is 0 Å². The molecule has 0 atom stereocenters. The molecule has 0 fully saturated rings. The molecular weight excluding hydrogens is 230 g/mol. The van der Waals surface area contributed by atoms with Crippen molar-refractivity contribution in [1.82, 2.24) is 4.98 Å². The van der Waals surface area contributed by atoms with Crippen LogP contribution in [0.3, 0.4) is 0 Å². The van der Waals surface area contributed by atoms with Crippen LogP contribution in [0.1, 0.15) is 40.7 Å². The number of hydrogen-bond acceptors (Lipinski definition) is 4. The van der Waals surface area contributed by atoms with Gasteiger partial charge < -0.3 is 4.74 Å². The second-order valence-corrected chi connectivity index (χ2v) is 3.21. The summed E-state index contributed by atoms with van der Waals surface area (Å²) in [6.45, 7) is 3.16. The number of nitriles is 1. The fourth-order valence-corrected chi connectivity index (χ4v) is 1.37. The highest BCUT2D eigenvalue weighted by atomic mass is 19.3. The predicted molar refractivity (Wildman–Crippen MR) is 54.6 cm³/mol. The van der Waals surface area contributed by atoms with Gasteiger partial charge in [-0.15, -0.1) is 0 Å². The summed E-state index contributed by atoms with van der Waals surface area (Å²) < 4.78 is 30.3. The highest BCUT2D eigenvalue weighted by Gasteiger charge is 2.24. The van der Waals surface area contributed by atoms with E-state index in [4.69, 9.17) is 5.26 Å². The number of rotatable bonds is 3. The summed E-state index contributed by atoms with van der Waals surface area (Å²) in [6, 6.07) is 2.75. The first-order valence-electron chi connectivity index (χ1n) is 4.88. The third kappa shape index (κ3) is 2.75. The van der Waals surface area contributed by atoms with Gasteiger partial charge in [-0.05, 0) is 19.9 Å². The zero-order chi connectivity index (χ0) is 13.0. The molecule has 0 aliphatic rings. The second-order valence-electron chi connectivity index (χ2n) is 3.21. The van der Waals surface area contributed by atoms with Gasteiger partial charge in [0.2, 0.25) is 0 Å². The standard InChI is InChI=1S/C11H10F2N2O2/c1-3-17-11(16)7-4-6(2)15-8(5-14)9(7)10(12)13/h4,10H,3H2,1-2H3. The van der Waals surface area contributed by atoms with E-state index in [1.807, 2.05) is 0 Å². The lowest BCUT2D eigenvalue weighted by molar-refractivity contribution is 0.0515. The van der Waals surface area contributed by atoms with Crippen LogP contribution in [-0.2, 0) is 4.74 Å². The Labute approximate surface area is 96.8 Å². The molecule has 0 N–H and O–H groups in total. The van der Waals surface area contributed by atoms with E-state index in [1.54, 1.807) is 13.0 Å². The summed E-state index contributed by atoms with van der Waals surface area (Å²) in [5.74, 6) is -0.871. The Hall–Kier alpha value is -2.03. The van der Waals surface area contributed by atoms with Gasteiger partial charge in [0.1, 0.15) is 6.07 Å². The van der Waals surface area contributed by atoms with Crippen molar-refractivity contribution in [2.45, 2.75) is 20.3 Å². The molecule has 0 amide bonds. The number of aromatic nitrogens is 1. The second kappa shape index (κ2) is 5.34. The van der Waals surface area contributed by atoms with Crippen LogP contribution in [0.25, 0.3) is 0 Å². The number of carbonyl (C=O) groups excluding carboxylic acids is 1. The van der Waals surface area contributed by atoms with Crippen molar-refractivity contribution in [3.63, 3.8) is 0 Å². The summed E-state index contributed by atoms with van der Waals surface area (Å²) in [5, 5.41) is 8.73. The first-order chi connectivity index (χ1) is 8.01. The molecule has 6 heteroatoms. The topological polar surface area (TPSA) is 63.0 Å². The molecule has 1 heterocycles. The van der Waals surface area contributed by atoms with Crippen molar-refractivity contribution in [1.29, 1.82) is 5.26 Å². The van der Waals surface area contributed by atoms with Gasteiger partial charge in [0, 0.05) is 5.69 Å². The van der Waals surface area contributed by atoms with E-state index in [9.17, 15) is 13.6 Å². The van der Waals surface area contributed by atoms with E-state index >= 15 is 0 Å². The lowest BCUT2D eigenvalue weighted by Crippen LogP contribution is -2.12. The van der Waals surface area contributed by atoms with Gasteiger partial charge in [0.25, 0.3) is 6.43 Å². The first kappa shape index (κ1) is 13.0. The molecule has 0 saturated heterocycles. The summed E-state index contributed by atoms with van der Waals surface area (Å²) >= 11 is 0. The molecule has 0 aromatic carbocycles. The highest BCUT2D eigenvalue weighted by Crippen LogP contribution is 2.26. The Morgan fingerprint density at radius 1 is 1.65 bits per heavy atom. The summed E-state index contributed by atoms with van der Waals surface area (Å²) in [5.41, 5.74) is -1.10. The van der Waals surface area contributed by atoms with Gasteiger partial charge in [0.15, 0.2) is 5.69 Å². The molecule has 0 unspecified atom stereocenters. The fraction of sp³-hybridized carbons (Fsp3) is 0.364. The lowest BCUT2D eigenvalue weighted by atomic mass is 10.1. The molecule has 0 radical (unpaired) electrons. The Bertz CT molecular complexity index is 481. The molecule has 0 bridgehead atoms. The Morgan fingerprint density at radius 3 is 2.76 bits per heavy atom. The molecule has 90 valence electrons. The molecule has 17 heavy (non-hydrogen) atoms. The number of aryl methyl sites for hydroxylation is 1. The Kier molecular flexibility index (Phi) is 4.10. The largest absolute Gasteiger partial charge is 0.462 e. The third-order valence-corrected chi connectivity index (χ3v) is 2.01.